The van der Waals surface area contributed by atoms with Crippen LogP contribution in [0.1, 0.15) is 105 Å². The van der Waals surface area contributed by atoms with E-state index in [9.17, 15) is 72.5 Å². The van der Waals surface area contributed by atoms with Crippen molar-refractivity contribution in [2.24, 2.45) is 23.1 Å². The predicted octanol–water partition coefficient (Wildman–Crippen LogP) is 0.879. The third-order valence-corrected chi connectivity index (χ3v) is 18.0. The molecule has 1 saturated heterocycles. The molecule has 0 saturated carbocycles. The average molecular weight is 1550 g/mol. The monoisotopic (exact) mass is 1550 g/mol. The second kappa shape index (κ2) is 44.3. The van der Waals surface area contributed by atoms with E-state index in [-0.39, 0.29) is 101 Å². The molecule has 1 aliphatic heterocycles. The number of carboxylic acid groups (broad SMARTS) is 1. The second-order valence-corrected chi connectivity index (χ2v) is 27.5. The summed E-state index contributed by atoms with van der Waals surface area (Å²) in [5, 5.41) is 68.1. The van der Waals surface area contributed by atoms with Crippen LogP contribution in [0.3, 0.4) is 0 Å². The number of rotatable bonds is 39. The summed E-state index contributed by atoms with van der Waals surface area (Å²) in [6.45, 7) is 5.20. The predicted molar refractivity (Wildman–Crippen MR) is 411 cm³/mol. The SMILES string of the molecule is CC(=O)N[C@H](Cc1ccc2ccccc2c1)C(=O)N[C@H](Cc1ccc(Cl)cc1)C(=O)N[C@H](Cc1cccnc1)C(=O)N[C@@H](CO)C(=O)N[C@@H](Cc1ccc(O)cc1)C(=O)N[C@H](CCCNC(N)=O)C(=O)N[C@@H](CC(C)C)C(=O)N[C@@H](CCCNC(=N)N)C(=O)N1CCC[C@H]1C(=O)N[C@H](C)C(N)=O.O=C(O)c1ccccc1. The normalized spacial score (nSPS) is 14.7. The Kier molecular flexibility index (Phi) is 35.0. The van der Waals surface area contributed by atoms with Crippen LogP contribution in [0.5, 0.6) is 5.75 Å². The zero-order valence-electron chi connectivity index (χ0n) is 62.0. The van der Waals surface area contributed by atoms with Crippen molar-refractivity contribution >= 4 is 105 Å². The zero-order valence-corrected chi connectivity index (χ0v) is 62.7. The number of phenols is 1. The fraction of sp³-hybridized carbons (Fsp3) is 0.390. The van der Waals surface area contributed by atoms with E-state index in [4.69, 9.17) is 39.3 Å². The third-order valence-electron chi connectivity index (χ3n) is 17.7. The van der Waals surface area contributed by atoms with E-state index in [1.165, 1.54) is 55.4 Å². The highest BCUT2D eigenvalue weighted by atomic mass is 35.5. The molecule has 2 heterocycles. The molecule has 21 N–H and O–H groups in total. The van der Waals surface area contributed by atoms with E-state index < -0.39 is 144 Å². The fourth-order valence-electron chi connectivity index (χ4n) is 12.0. The number of hydrogen-bond donors (Lipinski definition) is 18. The maximum atomic E-state index is 14.9. The van der Waals surface area contributed by atoms with Gasteiger partial charge in [-0.15, -0.1) is 0 Å². The first-order chi connectivity index (χ1) is 52.9. The average Bonchev–Trinajstić information content (AvgIpc) is 1.82. The number of nitrogens with zero attached hydrogens (tertiary/aromatic N) is 2. The molecule has 1 fully saturated rings. The Morgan fingerprint density at radius 2 is 1.02 bits per heavy atom. The lowest BCUT2D eigenvalue weighted by molar-refractivity contribution is -0.142. The summed E-state index contributed by atoms with van der Waals surface area (Å²) in [5.74, 6) is -10.8. The van der Waals surface area contributed by atoms with Gasteiger partial charge in [0.15, 0.2) is 5.96 Å². The first kappa shape index (κ1) is 87.6. The summed E-state index contributed by atoms with van der Waals surface area (Å²) >= 11 is 6.23. The number of phenolic OH excluding ortho intramolecular Hbond substituents is 1. The van der Waals surface area contributed by atoms with Crippen molar-refractivity contribution in [3.8, 4) is 5.75 Å². The Balaban J connectivity index is 0.00000198. The highest BCUT2D eigenvalue weighted by Gasteiger charge is 2.40. The van der Waals surface area contributed by atoms with Gasteiger partial charge in [-0.1, -0.05) is 116 Å². The van der Waals surface area contributed by atoms with Crippen LogP contribution in [0.2, 0.25) is 5.02 Å². The van der Waals surface area contributed by atoms with Crippen molar-refractivity contribution in [3.05, 3.63) is 179 Å². The summed E-state index contributed by atoms with van der Waals surface area (Å²) in [6.07, 6.45) is 2.71. The van der Waals surface area contributed by atoms with Gasteiger partial charge in [0.05, 0.1) is 12.2 Å². The number of likely N-dealkylation sites (tertiary alicyclic amines) is 1. The molecule has 1 aliphatic rings. The van der Waals surface area contributed by atoms with Crippen molar-refractivity contribution in [1.29, 1.82) is 5.41 Å². The largest absolute Gasteiger partial charge is 0.508 e. The Hall–Kier alpha value is -12.3. The zero-order chi connectivity index (χ0) is 81.3. The van der Waals surface area contributed by atoms with Crippen LogP contribution in [0, 0.1) is 11.3 Å². The van der Waals surface area contributed by atoms with E-state index in [1.54, 1.807) is 80.6 Å². The molecule has 0 spiro atoms. The van der Waals surface area contributed by atoms with Crippen molar-refractivity contribution in [2.75, 3.05) is 26.2 Å². The minimum atomic E-state index is -1.85. The summed E-state index contributed by atoms with van der Waals surface area (Å²) in [7, 11) is 0. The van der Waals surface area contributed by atoms with Crippen LogP contribution in [0.25, 0.3) is 10.8 Å². The van der Waals surface area contributed by atoms with Crippen LogP contribution in [-0.4, -0.2) is 195 Å². The van der Waals surface area contributed by atoms with Gasteiger partial charge >= 0.3 is 12.0 Å². The number of primary amides is 2. The number of guanidine groups is 1. The highest BCUT2D eigenvalue weighted by molar-refractivity contribution is 6.30. The molecule has 33 nitrogen and oxygen atoms in total. The number of aromatic hydroxyl groups is 1. The minimum absolute atomic E-state index is 0.00169. The molecule has 13 amide bonds. The van der Waals surface area contributed by atoms with E-state index in [1.807, 2.05) is 42.5 Å². The smallest absolute Gasteiger partial charge is 0.335 e. The molecule has 111 heavy (non-hydrogen) atoms. The molecule has 7 rings (SSSR count). The number of aromatic carboxylic acids is 1. The van der Waals surface area contributed by atoms with Gasteiger partial charge in [0.2, 0.25) is 65.0 Å². The van der Waals surface area contributed by atoms with Gasteiger partial charge in [-0.05, 0) is 133 Å². The van der Waals surface area contributed by atoms with Crippen LogP contribution in [-0.2, 0) is 78.4 Å². The number of aliphatic hydroxyl groups is 1. The van der Waals surface area contributed by atoms with Gasteiger partial charge in [0, 0.05) is 69.7 Å². The molecule has 6 aromatic rings. The third kappa shape index (κ3) is 29.7. The van der Waals surface area contributed by atoms with Crippen molar-refractivity contribution in [2.45, 2.75) is 159 Å². The number of benzene rings is 5. The maximum Gasteiger partial charge on any atom is 0.335 e. The number of aromatic nitrogens is 1. The lowest BCUT2D eigenvalue weighted by atomic mass is 9.99. The number of amides is 13. The molecule has 0 unspecified atom stereocenters. The number of aliphatic hydroxyl groups excluding tert-OH is 1. The highest BCUT2D eigenvalue weighted by Crippen LogP contribution is 2.22. The molecule has 0 radical (unpaired) electrons. The molecule has 0 aliphatic carbocycles. The second-order valence-electron chi connectivity index (χ2n) is 27.1. The van der Waals surface area contributed by atoms with Crippen LogP contribution < -0.4 is 75.7 Å². The van der Waals surface area contributed by atoms with E-state index in [0.29, 0.717) is 39.3 Å². The Bertz CT molecular complexity index is 4200. The molecule has 0 bridgehead atoms. The summed E-state index contributed by atoms with van der Waals surface area (Å²) in [5.41, 5.74) is 18.6. The van der Waals surface area contributed by atoms with E-state index in [2.05, 4.69) is 63.5 Å². The van der Waals surface area contributed by atoms with Gasteiger partial charge in [0.1, 0.15) is 66.2 Å². The number of nitrogens with one attached hydrogen (secondary N) is 12. The lowest BCUT2D eigenvalue weighted by Gasteiger charge is -2.31. The standard InChI is InChI=1S/C70H92ClN17O14.C7H6O2/c1-39(2)31-52(61(94)82-51(15-9-28-77-69(73)74)68(101)88-30-10-16-58(88)67(100)79-40(3)59(72)92)83-60(93)50(14-8-29-78-70(75)102)81-63(96)54(34-43-20-25-49(91)26-21-43)86-66(99)57(38-89)87-65(98)56(36-45-11-7-27-76-37-45)85-64(97)55(33-42-18-23-48(71)24-19-42)84-62(95)53(80-41(4)90)35-44-17-22-46-12-5-6-13-47(46)32-44;8-7(9)6-4-2-1-3-5-6/h5-7,11-13,17-27,32,37,39-40,50-58,89,91H,8-10,14-16,28-31,33-36,38H2,1-4H3,(H2,72,92)(H,79,100)(H,80,90)(H,81,96)(H,82,94)(H,83,93)(H,84,95)(H,85,97)(H,86,99)(H,87,98)(H4,73,74,77)(H3,75,78,102);1-5H,(H,8,9)/t40-,50-,51+,52+,53-,54+,55-,56-,57+,58+;/m1./s1. The Labute approximate surface area is 646 Å². The number of hydrogen-bond acceptors (Lipinski definition) is 17. The number of halogens is 1. The molecule has 34 heteroatoms. The van der Waals surface area contributed by atoms with Gasteiger partial charge in [0.25, 0.3) is 0 Å². The Morgan fingerprint density at radius 1 is 0.541 bits per heavy atom. The summed E-state index contributed by atoms with van der Waals surface area (Å²) in [4.78, 5) is 182. The number of carboxylic acids is 1. The summed E-state index contributed by atoms with van der Waals surface area (Å²) in [6, 6.07) is 21.7. The quantitative estimate of drug-likeness (QED) is 0.0145. The van der Waals surface area contributed by atoms with Gasteiger partial charge in [-0.2, -0.15) is 0 Å². The van der Waals surface area contributed by atoms with Crippen molar-refractivity contribution in [3.63, 3.8) is 0 Å². The number of nitrogens with two attached hydrogens (primary N) is 3. The molecule has 5 aromatic carbocycles. The molecular formula is C77H98ClN17O16. The van der Waals surface area contributed by atoms with Crippen LogP contribution >= 0.6 is 11.6 Å². The van der Waals surface area contributed by atoms with Gasteiger partial charge < -0.3 is 95.9 Å². The fourth-order valence-corrected chi connectivity index (χ4v) is 12.1. The molecule has 10 atom stereocenters. The molecular weight excluding hydrogens is 1450 g/mol. The van der Waals surface area contributed by atoms with E-state index >= 15 is 0 Å². The number of pyridine rings is 1. The summed E-state index contributed by atoms with van der Waals surface area (Å²) < 4.78 is 0. The minimum Gasteiger partial charge on any atom is -0.508 e. The number of carbonyl (C=O) groups excluding carboxylic acids is 12. The van der Waals surface area contributed by atoms with E-state index in [0.717, 1.165) is 10.8 Å². The molecule has 1 aromatic heterocycles. The van der Waals surface area contributed by atoms with Crippen LogP contribution in [0.4, 0.5) is 4.79 Å². The molecule has 594 valence electrons. The number of urea groups is 1. The van der Waals surface area contributed by atoms with Gasteiger partial charge in [-0.3, -0.25) is 63.1 Å². The first-order valence-electron chi connectivity index (χ1n) is 36.1. The lowest BCUT2D eigenvalue weighted by Crippen LogP contribution is -2.61. The number of carbonyl (C=O) groups is 13. The van der Waals surface area contributed by atoms with Crippen LogP contribution in [0.15, 0.2) is 146 Å². The first-order valence-corrected chi connectivity index (χ1v) is 36.4. The Morgan fingerprint density at radius 3 is 1.55 bits per heavy atom. The topological polar surface area (TPSA) is 533 Å². The van der Waals surface area contributed by atoms with Gasteiger partial charge in [-0.25, -0.2) is 9.59 Å². The number of fused-ring (bicyclic) bond motifs is 1. The van der Waals surface area contributed by atoms with Crippen molar-refractivity contribution in [1.82, 2.24) is 68.4 Å². The van der Waals surface area contributed by atoms with Crippen molar-refractivity contribution < 1.29 is 77.6 Å². The maximum absolute atomic E-state index is 14.9.